The van der Waals surface area contributed by atoms with E-state index in [1.54, 1.807) is 0 Å². The number of rotatable bonds is 3. The number of para-hydroxylation sites is 2. The Morgan fingerprint density at radius 2 is 1.17 bits per heavy atom. The molecular formula is C42H27N3O3. The van der Waals surface area contributed by atoms with Crippen LogP contribution in [0.5, 0.6) is 23.0 Å². The summed E-state index contributed by atoms with van der Waals surface area (Å²) >= 11 is 0. The van der Waals surface area contributed by atoms with Gasteiger partial charge in [0, 0.05) is 32.9 Å². The van der Waals surface area contributed by atoms with Gasteiger partial charge in [0.05, 0.1) is 5.56 Å². The van der Waals surface area contributed by atoms with Crippen LogP contribution in [0, 0.1) is 0 Å². The fraction of sp³-hybridized carbons (Fsp3) is 0.0714. The molecule has 8 aromatic rings. The molecule has 6 nitrogen and oxygen atoms in total. The highest BCUT2D eigenvalue weighted by atomic mass is 16.6. The van der Waals surface area contributed by atoms with Crippen LogP contribution in [0.1, 0.15) is 25.0 Å². The van der Waals surface area contributed by atoms with Crippen molar-refractivity contribution < 1.29 is 13.9 Å². The summed E-state index contributed by atoms with van der Waals surface area (Å²) in [4.78, 5) is 15.0. The number of benzene rings is 6. The van der Waals surface area contributed by atoms with E-state index >= 15 is 0 Å². The fourth-order valence-electron chi connectivity index (χ4n) is 7.23. The molecule has 0 spiro atoms. The highest BCUT2D eigenvalue weighted by molar-refractivity contribution is 6.05. The average Bonchev–Trinajstić information content (AvgIpc) is 3.62. The van der Waals surface area contributed by atoms with E-state index in [1.165, 1.54) is 16.7 Å². The highest BCUT2D eigenvalue weighted by Gasteiger charge is 2.40. The lowest BCUT2D eigenvalue weighted by atomic mass is 9.82. The lowest BCUT2D eigenvalue weighted by Crippen LogP contribution is -2.15. The molecule has 3 heterocycles. The Hall–Kier alpha value is -6.27. The molecule has 0 radical (unpaired) electrons. The molecule has 0 saturated heterocycles. The first-order valence-electron chi connectivity index (χ1n) is 16.0. The Bertz CT molecular complexity index is 2610. The Morgan fingerprint density at radius 3 is 2.06 bits per heavy atom. The van der Waals surface area contributed by atoms with E-state index in [9.17, 15) is 0 Å². The third-order valence-electron chi connectivity index (χ3n) is 9.61. The van der Waals surface area contributed by atoms with Crippen LogP contribution in [0.25, 0.3) is 67.2 Å². The van der Waals surface area contributed by atoms with E-state index in [4.69, 9.17) is 28.8 Å². The summed E-state index contributed by atoms with van der Waals surface area (Å²) in [5, 5.41) is 2.12. The highest BCUT2D eigenvalue weighted by Crippen LogP contribution is 2.59. The van der Waals surface area contributed by atoms with Crippen molar-refractivity contribution >= 4 is 21.9 Å². The third kappa shape index (κ3) is 3.89. The first kappa shape index (κ1) is 26.9. The third-order valence-corrected chi connectivity index (χ3v) is 9.61. The minimum absolute atomic E-state index is 0.146. The number of furan rings is 1. The number of hydrogen-bond donors (Lipinski definition) is 0. The van der Waals surface area contributed by atoms with Crippen molar-refractivity contribution in [3.63, 3.8) is 0 Å². The molecule has 6 aromatic carbocycles. The molecule has 2 aromatic heterocycles. The Labute approximate surface area is 276 Å². The minimum atomic E-state index is -0.146. The van der Waals surface area contributed by atoms with Crippen LogP contribution in [-0.4, -0.2) is 15.0 Å². The van der Waals surface area contributed by atoms with Crippen molar-refractivity contribution in [2.45, 2.75) is 19.3 Å². The van der Waals surface area contributed by atoms with Crippen LogP contribution in [0.3, 0.4) is 0 Å². The summed E-state index contributed by atoms with van der Waals surface area (Å²) in [6, 6.07) is 42.7. The van der Waals surface area contributed by atoms with Gasteiger partial charge in [0.2, 0.25) is 0 Å². The van der Waals surface area contributed by atoms with E-state index in [-0.39, 0.29) is 5.41 Å². The number of fused-ring (bicyclic) bond motifs is 9. The number of hydrogen-bond acceptors (Lipinski definition) is 6. The molecule has 6 heteroatoms. The van der Waals surface area contributed by atoms with Crippen molar-refractivity contribution in [3.05, 3.63) is 139 Å². The van der Waals surface area contributed by atoms with Crippen molar-refractivity contribution in [2.75, 3.05) is 0 Å². The lowest BCUT2D eigenvalue weighted by Gasteiger charge is -2.26. The SMILES string of the molecule is CC1(C)c2ccccc2-c2c1ccc1c2Oc2cccc(-c3nc(-c4ccccc4)nc(-c4ccc5c(c4)oc4ccccc45)n3)c2O1. The van der Waals surface area contributed by atoms with E-state index in [0.717, 1.165) is 44.4 Å². The summed E-state index contributed by atoms with van der Waals surface area (Å²) in [5.74, 6) is 4.16. The van der Waals surface area contributed by atoms with Crippen LogP contribution in [0.4, 0.5) is 0 Å². The van der Waals surface area contributed by atoms with Crippen LogP contribution >= 0.6 is 0 Å². The van der Waals surface area contributed by atoms with E-state index in [1.807, 2.05) is 84.9 Å². The number of nitrogens with zero attached hydrogens (tertiary/aromatic N) is 3. The van der Waals surface area contributed by atoms with Gasteiger partial charge in [-0.3, -0.25) is 0 Å². The fourth-order valence-corrected chi connectivity index (χ4v) is 7.23. The van der Waals surface area contributed by atoms with Gasteiger partial charge in [-0.15, -0.1) is 0 Å². The summed E-state index contributed by atoms with van der Waals surface area (Å²) in [7, 11) is 0. The van der Waals surface area contributed by atoms with Gasteiger partial charge in [-0.2, -0.15) is 0 Å². The summed E-state index contributed by atoms with van der Waals surface area (Å²) < 4.78 is 19.7. The van der Waals surface area contributed by atoms with Crippen LogP contribution in [-0.2, 0) is 5.41 Å². The largest absolute Gasteiger partial charge is 0.456 e. The second-order valence-corrected chi connectivity index (χ2v) is 12.8. The molecule has 10 rings (SSSR count). The van der Waals surface area contributed by atoms with Gasteiger partial charge in [-0.1, -0.05) is 105 Å². The summed E-state index contributed by atoms with van der Waals surface area (Å²) in [6.45, 7) is 4.52. The molecule has 0 bridgehead atoms. The molecule has 1 aliphatic heterocycles. The molecule has 228 valence electrons. The van der Waals surface area contributed by atoms with Gasteiger partial charge in [0.15, 0.2) is 40.5 Å². The van der Waals surface area contributed by atoms with Gasteiger partial charge in [-0.05, 0) is 53.1 Å². The molecule has 0 amide bonds. The number of aromatic nitrogens is 3. The standard InChI is InChI=1S/C42H27N3O3/c1-42(2)30-16-8-6-14-28(30)36-31(42)21-22-34-38(36)48-33-18-10-15-29(37(33)47-34)41-44-39(24-11-4-3-5-12-24)43-40(45-41)25-19-20-27-26-13-7-9-17-32(26)46-35(27)23-25/h3-23H,1-2H3. The Balaban J connectivity index is 1.13. The first-order valence-corrected chi connectivity index (χ1v) is 16.0. The van der Waals surface area contributed by atoms with Crippen LogP contribution in [0.15, 0.2) is 132 Å². The first-order chi connectivity index (χ1) is 23.5. The quantitative estimate of drug-likeness (QED) is 0.195. The minimum Gasteiger partial charge on any atom is -0.456 e. The molecule has 1 aliphatic carbocycles. The zero-order valence-electron chi connectivity index (χ0n) is 26.2. The zero-order chi connectivity index (χ0) is 32.0. The lowest BCUT2D eigenvalue weighted by molar-refractivity contribution is 0.361. The van der Waals surface area contributed by atoms with Crippen molar-refractivity contribution in [2.24, 2.45) is 0 Å². The average molecular weight is 622 g/mol. The summed E-state index contributed by atoms with van der Waals surface area (Å²) in [5.41, 5.74) is 8.66. The van der Waals surface area contributed by atoms with Gasteiger partial charge in [0.25, 0.3) is 0 Å². The molecule has 2 aliphatic rings. The molecule has 0 N–H and O–H groups in total. The smallest absolute Gasteiger partial charge is 0.181 e. The second kappa shape index (κ2) is 9.86. The Kier molecular flexibility index (Phi) is 5.53. The Morgan fingerprint density at radius 1 is 0.479 bits per heavy atom. The summed E-state index contributed by atoms with van der Waals surface area (Å²) in [6.07, 6.45) is 0. The normalized spacial score (nSPS) is 13.7. The molecule has 0 fully saturated rings. The van der Waals surface area contributed by atoms with Gasteiger partial charge in [0.1, 0.15) is 11.2 Å². The number of ether oxygens (including phenoxy) is 2. The van der Waals surface area contributed by atoms with Gasteiger partial charge in [-0.25, -0.2) is 15.0 Å². The topological polar surface area (TPSA) is 70.3 Å². The maximum absolute atomic E-state index is 6.73. The van der Waals surface area contributed by atoms with Crippen LogP contribution in [0.2, 0.25) is 0 Å². The predicted octanol–water partition coefficient (Wildman–Crippen LogP) is 11.0. The molecule has 48 heavy (non-hydrogen) atoms. The molecule has 0 atom stereocenters. The monoisotopic (exact) mass is 621 g/mol. The molecule has 0 saturated carbocycles. The van der Waals surface area contributed by atoms with Crippen molar-refractivity contribution in [1.82, 2.24) is 15.0 Å². The van der Waals surface area contributed by atoms with Gasteiger partial charge < -0.3 is 13.9 Å². The van der Waals surface area contributed by atoms with E-state index in [0.29, 0.717) is 40.3 Å². The second-order valence-electron chi connectivity index (χ2n) is 12.8. The van der Waals surface area contributed by atoms with Crippen molar-refractivity contribution in [1.29, 1.82) is 0 Å². The maximum Gasteiger partial charge on any atom is 0.181 e. The predicted molar refractivity (Wildman–Crippen MR) is 188 cm³/mol. The van der Waals surface area contributed by atoms with Crippen LogP contribution < -0.4 is 9.47 Å². The van der Waals surface area contributed by atoms with E-state index in [2.05, 4.69) is 56.3 Å². The van der Waals surface area contributed by atoms with E-state index < -0.39 is 0 Å². The zero-order valence-corrected chi connectivity index (χ0v) is 26.2. The van der Waals surface area contributed by atoms with Gasteiger partial charge >= 0.3 is 0 Å². The molecule has 0 unspecified atom stereocenters. The maximum atomic E-state index is 6.73. The molecular weight excluding hydrogens is 594 g/mol. The van der Waals surface area contributed by atoms with Crippen molar-refractivity contribution in [3.8, 4) is 68.3 Å².